The van der Waals surface area contributed by atoms with Gasteiger partial charge in [0.25, 0.3) is 11.5 Å². The number of hydrogen-bond donors (Lipinski definition) is 2. The molecule has 8 nitrogen and oxygen atoms in total. The average molecular weight is 407 g/mol. The SMILES string of the molecule is COc1ccccc1Nc1nn2c(=O)c3ccc(C(=O)NC4CC4)cc3nc2s1. The molecule has 5 rings (SSSR count). The minimum Gasteiger partial charge on any atom is -0.495 e. The molecule has 146 valence electrons. The van der Waals surface area contributed by atoms with Crippen LogP contribution in [0.5, 0.6) is 5.75 Å². The molecule has 0 radical (unpaired) electrons. The van der Waals surface area contributed by atoms with Crippen molar-refractivity contribution >= 4 is 43.9 Å². The first kappa shape index (κ1) is 17.6. The van der Waals surface area contributed by atoms with Crippen molar-refractivity contribution in [3.05, 3.63) is 58.4 Å². The normalized spacial score (nSPS) is 13.6. The molecule has 0 spiro atoms. The topological polar surface area (TPSA) is 97.6 Å². The van der Waals surface area contributed by atoms with Crippen molar-refractivity contribution in [1.29, 1.82) is 0 Å². The molecule has 2 aromatic carbocycles. The predicted molar refractivity (Wildman–Crippen MR) is 111 cm³/mol. The molecular formula is C20H17N5O3S. The molecule has 1 fully saturated rings. The third-order valence-electron chi connectivity index (χ3n) is 4.72. The molecule has 2 heterocycles. The second-order valence-electron chi connectivity index (χ2n) is 6.82. The summed E-state index contributed by atoms with van der Waals surface area (Å²) in [4.78, 5) is 30.2. The molecule has 0 saturated heterocycles. The van der Waals surface area contributed by atoms with Crippen molar-refractivity contribution in [2.45, 2.75) is 18.9 Å². The van der Waals surface area contributed by atoms with Gasteiger partial charge in [-0.3, -0.25) is 9.59 Å². The lowest BCUT2D eigenvalue weighted by molar-refractivity contribution is 0.0951. The van der Waals surface area contributed by atoms with E-state index in [1.165, 1.54) is 15.9 Å². The maximum atomic E-state index is 12.9. The summed E-state index contributed by atoms with van der Waals surface area (Å²) in [5.41, 5.74) is 1.44. The summed E-state index contributed by atoms with van der Waals surface area (Å²) in [6.45, 7) is 0. The van der Waals surface area contributed by atoms with Gasteiger partial charge in [0.05, 0.1) is 23.7 Å². The number of rotatable bonds is 5. The van der Waals surface area contributed by atoms with Crippen LogP contribution in [0.15, 0.2) is 47.3 Å². The van der Waals surface area contributed by atoms with Crippen molar-refractivity contribution in [3.63, 3.8) is 0 Å². The van der Waals surface area contributed by atoms with E-state index in [4.69, 9.17) is 4.74 Å². The Morgan fingerprint density at radius 3 is 2.86 bits per heavy atom. The number of fused-ring (bicyclic) bond motifs is 2. The van der Waals surface area contributed by atoms with Gasteiger partial charge in [-0.15, -0.1) is 5.10 Å². The van der Waals surface area contributed by atoms with Crippen LogP contribution in [0.4, 0.5) is 10.8 Å². The molecule has 2 N–H and O–H groups in total. The zero-order chi connectivity index (χ0) is 20.0. The number of benzene rings is 2. The number of nitrogens with one attached hydrogen (secondary N) is 2. The molecule has 29 heavy (non-hydrogen) atoms. The van der Waals surface area contributed by atoms with Crippen LogP contribution in [-0.4, -0.2) is 33.7 Å². The van der Waals surface area contributed by atoms with Crippen molar-refractivity contribution in [1.82, 2.24) is 19.9 Å². The first-order chi connectivity index (χ1) is 14.1. The van der Waals surface area contributed by atoms with Crippen LogP contribution >= 0.6 is 11.3 Å². The van der Waals surface area contributed by atoms with E-state index in [9.17, 15) is 9.59 Å². The Morgan fingerprint density at radius 1 is 1.24 bits per heavy atom. The van der Waals surface area contributed by atoms with Crippen molar-refractivity contribution < 1.29 is 9.53 Å². The Labute approximate surface area is 169 Å². The summed E-state index contributed by atoms with van der Waals surface area (Å²) in [5, 5.41) is 11.4. The summed E-state index contributed by atoms with van der Waals surface area (Å²) >= 11 is 1.25. The summed E-state index contributed by atoms with van der Waals surface area (Å²) in [7, 11) is 1.59. The van der Waals surface area contributed by atoms with E-state index in [0.717, 1.165) is 18.5 Å². The lowest BCUT2D eigenvalue weighted by Crippen LogP contribution is -2.25. The third-order valence-corrected chi connectivity index (χ3v) is 5.54. The van der Waals surface area contributed by atoms with Crippen LogP contribution < -0.4 is 20.9 Å². The van der Waals surface area contributed by atoms with E-state index in [-0.39, 0.29) is 17.5 Å². The van der Waals surface area contributed by atoms with Gasteiger partial charge in [0.2, 0.25) is 10.1 Å². The lowest BCUT2D eigenvalue weighted by atomic mass is 10.1. The molecule has 0 atom stereocenters. The van der Waals surface area contributed by atoms with Crippen LogP contribution in [-0.2, 0) is 0 Å². The van der Waals surface area contributed by atoms with E-state index in [1.54, 1.807) is 25.3 Å². The fourth-order valence-electron chi connectivity index (χ4n) is 3.06. The number of para-hydroxylation sites is 2. The smallest absolute Gasteiger partial charge is 0.283 e. The molecule has 2 aromatic heterocycles. The van der Waals surface area contributed by atoms with E-state index in [1.807, 2.05) is 24.3 Å². The van der Waals surface area contributed by atoms with E-state index in [0.29, 0.717) is 32.3 Å². The molecule has 1 aliphatic carbocycles. The maximum Gasteiger partial charge on any atom is 0.283 e. The summed E-state index contributed by atoms with van der Waals surface area (Å²) in [5.74, 6) is 0.530. The number of nitrogens with zero attached hydrogens (tertiary/aromatic N) is 3. The Bertz CT molecular complexity index is 1310. The Balaban J connectivity index is 1.54. The zero-order valence-corrected chi connectivity index (χ0v) is 16.3. The lowest BCUT2D eigenvalue weighted by Gasteiger charge is -2.07. The van der Waals surface area contributed by atoms with Gasteiger partial charge < -0.3 is 15.4 Å². The van der Waals surface area contributed by atoms with Gasteiger partial charge >= 0.3 is 0 Å². The van der Waals surface area contributed by atoms with Crippen molar-refractivity contribution in [2.75, 3.05) is 12.4 Å². The Hall–Kier alpha value is -3.46. The summed E-state index contributed by atoms with van der Waals surface area (Å²) in [6, 6.07) is 12.7. The van der Waals surface area contributed by atoms with Gasteiger partial charge in [-0.25, -0.2) is 4.98 Å². The molecule has 1 aliphatic rings. The van der Waals surface area contributed by atoms with Gasteiger partial charge in [-0.2, -0.15) is 4.52 Å². The number of carbonyl (C=O) groups is 1. The average Bonchev–Trinajstić information content (AvgIpc) is 3.45. The maximum absolute atomic E-state index is 12.9. The standard InChI is InChI=1S/C20H17N5O3S/c1-28-16-5-3-2-4-14(16)22-19-24-25-18(27)13-9-6-11(17(26)21-12-7-8-12)10-15(13)23-20(25)29-19/h2-6,9-10,12H,7-8H2,1H3,(H,21,26)(H,22,24). The second kappa shape index (κ2) is 6.85. The number of anilines is 2. The summed E-state index contributed by atoms with van der Waals surface area (Å²) < 4.78 is 6.61. The first-order valence-electron chi connectivity index (χ1n) is 9.17. The molecule has 1 saturated carbocycles. The van der Waals surface area contributed by atoms with E-state index in [2.05, 4.69) is 20.7 Å². The fourth-order valence-corrected chi connectivity index (χ4v) is 3.87. The highest BCUT2D eigenvalue weighted by molar-refractivity contribution is 7.20. The van der Waals surface area contributed by atoms with E-state index < -0.39 is 0 Å². The van der Waals surface area contributed by atoms with Crippen LogP contribution in [0.2, 0.25) is 0 Å². The number of ether oxygens (including phenoxy) is 1. The summed E-state index contributed by atoms with van der Waals surface area (Å²) in [6.07, 6.45) is 2.03. The molecular weight excluding hydrogens is 390 g/mol. The van der Waals surface area contributed by atoms with E-state index >= 15 is 0 Å². The van der Waals surface area contributed by atoms with Gasteiger partial charge in [-0.1, -0.05) is 23.5 Å². The number of methoxy groups -OCH3 is 1. The van der Waals surface area contributed by atoms with Crippen molar-refractivity contribution in [3.8, 4) is 5.75 Å². The fraction of sp³-hybridized carbons (Fsp3) is 0.200. The van der Waals surface area contributed by atoms with Crippen LogP contribution in [0, 0.1) is 0 Å². The largest absolute Gasteiger partial charge is 0.495 e. The third kappa shape index (κ3) is 3.29. The van der Waals surface area contributed by atoms with Crippen molar-refractivity contribution in [2.24, 2.45) is 0 Å². The number of carbonyl (C=O) groups excluding carboxylic acids is 1. The Kier molecular flexibility index (Phi) is 4.17. The minimum absolute atomic E-state index is 0.140. The Morgan fingerprint density at radius 2 is 2.07 bits per heavy atom. The van der Waals surface area contributed by atoms with Crippen LogP contribution in [0.25, 0.3) is 15.9 Å². The number of aromatic nitrogens is 3. The molecule has 9 heteroatoms. The van der Waals surface area contributed by atoms with Gasteiger partial charge in [-0.05, 0) is 43.2 Å². The molecule has 4 aromatic rings. The predicted octanol–water partition coefficient (Wildman–Crippen LogP) is 2.95. The molecule has 0 bridgehead atoms. The van der Waals surface area contributed by atoms with Crippen LogP contribution in [0.1, 0.15) is 23.2 Å². The second-order valence-corrected chi connectivity index (χ2v) is 7.78. The zero-order valence-electron chi connectivity index (χ0n) is 15.5. The number of hydrogen-bond acceptors (Lipinski definition) is 7. The molecule has 1 amide bonds. The minimum atomic E-state index is -0.275. The van der Waals surface area contributed by atoms with Gasteiger partial charge in [0.1, 0.15) is 5.75 Å². The number of amides is 1. The monoisotopic (exact) mass is 407 g/mol. The molecule has 0 unspecified atom stereocenters. The van der Waals surface area contributed by atoms with Gasteiger partial charge in [0.15, 0.2) is 0 Å². The first-order valence-corrected chi connectivity index (χ1v) is 9.98. The van der Waals surface area contributed by atoms with Gasteiger partial charge in [0, 0.05) is 11.6 Å². The highest BCUT2D eigenvalue weighted by Gasteiger charge is 2.24. The quantitative estimate of drug-likeness (QED) is 0.528. The molecule has 0 aliphatic heterocycles. The highest BCUT2D eigenvalue weighted by Crippen LogP contribution is 2.29. The highest BCUT2D eigenvalue weighted by atomic mass is 32.1. The van der Waals surface area contributed by atoms with Crippen LogP contribution in [0.3, 0.4) is 0 Å².